The Labute approximate surface area is 141 Å². The van der Waals surface area contributed by atoms with Crippen LogP contribution in [0.2, 0.25) is 0 Å². The summed E-state index contributed by atoms with van der Waals surface area (Å²) in [4.78, 5) is 18.2. The third-order valence-corrected chi connectivity index (χ3v) is 5.70. The monoisotopic (exact) mass is 332 g/mol. The van der Waals surface area contributed by atoms with Gasteiger partial charge in [0, 0.05) is 26.2 Å². The van der Waals surface area contributed by atoms with Gasteiger partial charge in [0.1, 0.15) is 0 Å². The molecule has 2 atom stereocenters. The Hall–Kier alpha value is -1.66. The van der Waals surface area contributed by atoms with Crippen molar-refractivity contribution in [1.29, 1.82) is 0 Å². The molecule has 6 heteroatoms. The molecule has 23 heavy (non-hydrogen) atoms. The lowest BCUT2D eigenvalue weighted by Crippen LogP contribution is -2.50. The van der Waals surface area contributed by atoms with Crippen LogP contribution in [0.25, 0.3) is 10.6 Å². The molecule has 0 aromatic carbocycles. The van der Waals surface area contributed by atoms with Crippen molar-refractivity contribution >= 4 is 17.2 Å². The number of aromatic amines is 1. The molecule has 0 saturated carbocycles. The van der Waals surface area contributed by atoms with Gasteiger partial charge in [-0.3, -0.25) is 9.89 Å². The quantitative estimate of drug-likeness (QED) is 0.936. The van der Waals surface area contributed by atoms with Crippen LogP contribution in [-0.4, -0.2) is 58.6 Å². The highest BCUT2D eigenvalue weighted by atomic mass is 32.1. The molecule has 0 radical (unpaired) electrons. The van der Waals surface area contributed by atoms with Gasteiger partial charge < -0.3 is 9.80 Å². The lowest BCUT2D eigenvalue weighted by molar-refractivity contribution is 0.0515. The molecule has 3 rings (SSSR count). The summed E-state index contributed by atoms with van der Waals surface area (Å²) in [5, 5.41) is 9.22. The minimum Gasteiger partial charge on any atom is -0.337 e. The van der Waals surface area contributed by atoms with E-state index in [0.29, 0.717) is 11.6 Å². The fourth-order valence-corrected chi connectivity index (χ4v) is 4.10. The van der Waals surface area contributed by atoms with Crippen molar-refractivity contribution in [3.63, 3.8) is 0 Å². The minimum absolute atomic E-state index is 0.00542. The van der Waals surface area contributed by atoms with Crippen LogP contribution < -0.4 is 0 Å². The summed E-state index contributed by atoms with van der Waals surface area (Å²) in [5.41, 5.74) is 1.41. The molecule has 2 aromatic heterocycles. The fraction of sp³-hybridized carbons (Fsp3) is 0.529. The van der Waals surface area contributed by atoms with E-state index in [1.807, 2.05) is 35.5 Å². The molecule has 1 saturated heterocycles. The molecule has 2 aromatic rings. The van der Waals surface area contributed by atoms with Crippen molar-refractivity contribution in [3.05, 3.63) is 29.3 Å². The fourth-order valence-electron chi connectivity index (χ4n) is 3.40. The van der Waals surface area contributed by atoms with Gasteiger partial charge in [0.15, 0.2) is 5.69 Å². The van der Waals surface area contributed by atoms with E-state index in [-0.39, 0.29) is 11.9 Å². The predicted octanol–water partition coefficient (Wildman–Crippen LogP) is 2.94. The standard InChI is InChI=1S/C17H24N4OS/c1-4-21-8-7-15(12(2)11-21)20(3)17(22)14-10-13(18-19-14)16-6-5-9-23-16/h5-6,9-10,12,15H,4,7-8,11H2,1-3H3,(H,18,19). The number of rotatable bonds is 4. The highest BCUT2D eigenvalue weighted by Gasteiger charge is 2.31. The molecule has 1 aliphatic rings. The molecule has 1 fully saturated rings. The Morgan fingerprint density at radius 2 is 2.39 bits per heavy atom. The van der Waals surface area contributed by atoms with Crippen molar-refractivity contribution in [1.82, 2.24) is 20.0 Å². The lowest BCUT2D eigenvalue weighted by Gasteiger charge is -2.40. The van der Waals surface area contributed by atoms with Gasteiger partial charge in [-0.1, -0.05) is 19.9 Å². The molecule has 0 bridgehead atoms. The first kappa shape index (κ1) is 16.2. The van der Waals surface area contributed by atoms with Crippen molar-refractivity contribution in [2.75, 3.05) is 26.7 Å². The summed E-state index contributed by atoms with van der Waals surface area (Å²) >= 11 is 1.64. The molecule has 5 nitrogen and oxygen atoms in total. The van der Waals surface area contributed by atoms with E-state index in [4.69, 9.17) is 0 Å². The lowest BCUT2D eigenvalue weighted by atomic mass is 9.92. The summed E-state index contributed by atoms with van der Waals surface area (Å²) in [6.07, 6.45) is 1.03. The third-order valence-electron chi connectivity index (χ3n) is 4.79. The van der Waals surface area contributed by atoms with Crippen LogP contribution >= 0.6 is 11.3 Å². The number of thiophene rings is 1. The molecule has 1 amide bonds. The second-order valence-corrected chi connectivity index (χ2v) is 7.23. The van der Waals surface area contributed by atoms with E-state index in [1.165, 1.54) is 0 Å². The summed E-state index contributed by atoms with van der Waals surface area (Å²) in [6.45, 7) is 7.62. The van der Waals surface area contributed by atoms with Gasteiger partial charge in [-0.2, -0.15) is 5.10 Å². The van der Waals surface area contributed by atoms with Crippen LogP contribution in [0.5, 0.6) is 0 Å². The molecular weight excluding hydrogens is 308 g/mol. The highest BCUT2D eigenvalue weighted by Crippen LogP contribution is 2.25. The van der Waals surface area contributed by atoms with E-state index in [1.54, 1.807) is 11.3 Å². The van der Waals surface area contributed by atoms with Crippen molar-refractivity contribution in [2.45, 2.75) is 26.3 Å². The molecule has 1 aliphatic heterocycles. The number of carbonyl (C=O) groups is 1. The first-order chi connectivity index (χ1) is 11.1. The van der Waals surface area contributed by atoms with E-state index >= 15 is 0 Å². The first-order valence-electron chi connectivity index (χ1n) is 8.19. The highest BCUT2D eigenvalue weighted by molar-refractivity contribution is 7.13. The summed E-state index contributed by atoms with van der Waals surface area (Å²) in [6, 6.07) is 6.17. The maximum Gasteiger partial charge on any atom is 0.274 e. The second kappa shape index (κ2) is 6.84. The van der Waals surface area contributed by atoms with Gasteiger partial charge >= 0.3 is 0 Å². The molecule has 3 heterocycles. The zero-order valence-corrected chi connectivity index (χ0v) is 14.8. The number of aromatic nitrogens is 2. The maximum atomic E-state index is 12.8. The van der Waals surface area contributed by atoms with Gasteiger partial charge in [0.25, 0.3) is 5.91 Å². The van der Waals surface area contributed by atoms with E-state index in [0.717, 1.165) is 36.6 Å². The molecule has 124 valence electrons. The normalized spacial score (nSPS) is 22.2. The number of nitrogens with zero attached hydrogens (tertiary/aromatic N) is 3. The molecule has 0 aliphatic carbocycles. The van der Waals surface area contributed by atoms with E-state index in [2.05, 4.69) is 28.9 Å². The van der Waals surface area contributed by atoms with Crippen LogP contribution in [-0.2, 0) is 0 Å². The number of nitrogens with one attached hydrogen (secondary N) is 1. The zero-order valence-electron chi connectivity index (χ0n) is 14.0. The minimum atomic E-state index is 0.00542. The molecule has 2 unspecified atom stereocenters. The number of carbonyl (C=O) groups excluding carboxylic acids is 1. The molecule has 1 N–H and O–H groups in total. The summed E-state index contributed by atoms with van der Waals surface area (Å²) in [5.74, 6) is 0.485. The van der Waals surface area contributed by atoms with Crippen LogP contribution in [0, 0.1) is 5.92 Å². The second-order valence-electron chi connectivity index (χ2n) is 6.29. The Morgan fingerprint density at radius 3 is 3.04 bits per heavy atom. The average molecular weight is 332 g/mol. The van der Waals surface area contributed by atoms with Crippen molar-refractivity contribution < 1.29 is 4.79 Å². The van der Waals surface area contributed by atoms with Gasteiger partial charge in [-0.25, -0.2) is 0 Å². The molecular formula is C17H24N4OS. The number of amides is 1. The maximum absolute atomic E-state index is 12.8. The third kappa shape index (κ3) is 3.33. The average Bonchev–Trinajstić information content (AvgIpc) is 3.24. The van der Waals surface area contributed by atoms with Crippen molar-refractivity contribution in [2.24, 2.45) is 5.92 Å². The number of hydrogen-bond donors (Lipinski definition) is 1. The topological polar surface area (TPSA) is 52.2 Å². The smallest absolute Gasteiger partial charge is 0.274 e. The van der Waals surface area contributed by atoms with Gasteiger partial charge in [-0.05, 0) is 36.4 Å². The summed E-state index contributed by atoms with van der Waals surface area (Å²) in [7, 11) is 1.91. The van der Waals surface area contributed by atoms with E-state index < -0.39 is 0 Å². The first-order valence-corrected chi connectivity index (χ1v) is 9.07. The Balaban J connectivity index is 1.70. The van der Waals surface area contributed by atoms with Crippen LogP contribution in [0.15, 0.2) is 23.6 Å². The number of piperidine rings is 1. The largest absolute Gasteiger partial charge is 0.337 e. The number of H-pyrrole nitrogens is 1. The van der Waals surface area contributed by atoms with Gasteiger partial charge in [0.2, 0.25) is 0 Å². The Kier molecular flexibility index (Phi) is 4.82. The van der Waals surface area contributed by atoms with Gasteiger partial charge in [0.05, 0.1) is 10.6 Å². The predicted molar refractivity (Wildman–Crippen MR) is 93.7 cm³/mol. The molecule has 0 spiro atoms. The SMILES string of the molecule is CCN1CCC(N(C)C(=O)c2cc(-c3cccs3)[nH]n2)C(C)C1. The zero-order chi connectivity index (χ0) is 16.4. The van der Waals surface area contributed by atoms with Crippen molar-refractivity contribution in [3.8, 4) is 10.6 Å². The van der Waals surface area contributed by atoms with Crippen LogP contribution in [0.1, 0.15) is 30.8 Å². The van der Waals surface area contributed by atoms with Crippen LogP contribution in [0.4, 0.5) is 0 Å². The Morgan fingerprint density at radius 1 is 1.57 bits per heavy atom. The summed E-state index contributed by atoms with van der Waals surface area (Å²) < 4.78 is 0. The number of likely N-dealkylation sites (tertiary alicyclic amines) is 1. The van der Waals surface area contributed by atoms with Gasteiger partial charge in [-0.15, -0.1) is 11.3 Å². The number of hydrogen-bond acceptors (Lipinski definition) is 4. The van der Waals surface area contributed by atoms with Crippen LogP contribution in [0.3, 0.4) is 0 Å². The van der Waals surface area contributed by atoms with E-state index in [9.17, 15) is 4.79 Å². The Bertz CT molecular complexity index is 651.